The van der Waals surface area contributed by atoms with Crippen molar-refractivity contribution in [2.75, 3.05) is 13.7 Å². The normalized spacial score (nSPS) is 16.8. The summed E-state index contributed by atoms with van der Waals surface area (Å²) >= 11 is 7.21. The molecule has 0 spiro atoms. The zero-order valence-electron chi connectivity index (χ0n) is 13.8. The number of fused-ring (bicyclic) bond motifs is 2. The minimum absolute atomic E-state index is 0.0502. The van der Waals surface area contributed by atoms with E-state index in [4.69, 9.17) is 16.3 Å². The molecule has 0 radical (unpaired) electrons. The van der Waals surface area contributed by atoms with E-state index in [9.17, 15) is 18.0 Å². The minimum atomic E-state index is -2.79. The predicted octanol–water partition coefficient (Wildman–Crippen LogP) is 3.83. The number of amides is 1. The maximum atomic E-state index is 14.2. The van der Waals surface area contributed by atoms with Crippen LogP contribution in [0.3, 0.4) is 0 Å². The second-order valence-corrected chi connectivity index (χ2v) is 7.14. The Labute approximate surface area is 159 Å². The maximum Gasteiger partial charge on any atom is 0.290 e. The highest BCUT2D eigenvalue weighted by molar-refractivity contribution is 7.09. The summed E-state index contributed by atoms with van der Waals surface area (Å²) in [5, 5.41) is 0.0502. The van der Waals surface area contributed by atoms with Crippen molar-refractivity contribution in [3.8, 4) is 5.75 Å². The van der Waals surface area contributed by atoms with Crippen LogP contribution in [0.1, 0.15) is 27.2 Å². The lowest BCUT2D eigenvalue weighted by atomic mass is 10.1. The molecular formula is C16H12ClF3N4O2S. The van der Waals surface area contributed by atoms with Gasteiger partial charge in [0.15, 0.2) is 11.6 Å². The second kappa shape index (κ2) is 6.68. The molecule has 27 heavy (non-hydrogen) atoms. The van der Waals surface area contributed by atoms with Crippen LogP contribution in [0.4, 0.5) is 13.2 Å². The number of nitrogens with one attached hydrogen (secondary N) is 1. The van der Waals surface area contributed by atoms with Crippen molar-refractivity contribution < 1.29 is 22.7 Å². The SMILES string of the molecule is COc1cc(F)c2nc(C(=O)N3CCc4ncsc4[C@@H]3C(F)F)[nH]c2c1Cl. The maximum absolute atomic E-state index is 14.2. The number of methoxy groups -OCH3 is 1. The number of H-pyrrole nitrogens is 1. The number of hydrogen-bond acceptors (Lipinski definition) is 5. The topological polar surface area (TPSA) is 71.1 Å². The lowest BCUT2D eigenvalue weighted by Gasteiger charge is -2.33. The van der Waals surface area contributed by atoms with Crippen molar-refractivity contribution in [1.29, 1.82) is 0 Å². The third kappa shape index (κ3) is 2.83. The summed E-state index contributed by atoms with van der Waals surface area (Å²) < 4.78 is 46.6. The van der Waals surface area contributed by atoms with E-state index < -0.39 is 24.2 Å². The fraction of sp³-hybridized carbons (Fsp3) is 0.312. The molecule has 142 valence electrons. The third-order valence-corrected chi connectivity index (χ3v) is 5.73. The molecule has 0 saturated heterocycles. The van der Waals surface area contributed by atoms with Gasteiger partial charge in [-0.15, -0.1) is 11.3 Å². The largest absolute Gasteiger partial charge is 0.495 e. The highest BCUT2D eigenvalue weighted by Gasteiger charge is 2.40. The Bertz CT molecular complexity index is 1040. The first-order valence-corrected chi connectivity index (χ1v) is 9.11. The van der Waals surface area contributed by atoms with Crippen LogP contribution >= 0.6 is 22.9 Å². The van der Waals surface area contributed by atoms with Gasteiger partial charge >= 0.3 is 0 Å². The summed E-state index contributed by atoms with van der Waals surface area (Å²) in [4.78, 5) is 24.9. The van der Waals surface area contributed by atoms with Crippen LogP contribution < -0.4 is 4.74 Å². The van der Waals surface area contributed by atoms with E-state index in [2.05, 4.69) is 15.0 Å². The zero-order valence-corrected chi connectivity index (χ0v) is 15.4. The molecular weight excluding hydrogens is 405 g/mol. The quantitative estimate of drug-likeness (QED) is 0.704. The number of carbonyl (C=O) groups is 1. The Morgan fingerprint density at radius 3 is 3.00 bits per heavy atom. The van der Waals surface area contributed by atoms with E-state index in [1.165, 1.54) is 12.6 Å². The molecule has 1 aliphatic rings. The van der Waals surface area contributed by atoms with Gasteiger partial charge in [-0.05, 0) is 0 Å². The predicted molar refractivity (Wildman–Crippen MR) is 93.2 cm³/mol. The van der Waals surface area contributed by atoms with Gasteiger partial charge in [0.2, 0.25) is 0 Å². The minimum Gasteiger partial charge on any atom is -0.495 e. The molecule has 0 fully saturated rings. The van der Waals surface area contributed by atoms with Crippen LogP contribution in [0.2, 0.25) is 5.02 Å². The number of imidazole rings is 1. The van der Waals surface area contributed by atoms with Crippen LogP contribution in [0.25, 0.3) is 11.0 Å². The van der Waals surface area contributed by atoms with Gasteiger partial charge in [-0.2, -0.15) is 0 Å². The molecule has 11 heteroatoms. The number of rotatable bonds is 3. The molecule has 2 aromatic heterocycles. The van der Waals surface area contributed by atoms with E-state index in [0.717, 1.165) is 22.3 Å². The Balaban J connectivity index is 1.76. The molecule has 1 aromatic carbocycles. The molecule has 0 bridgehead atoms. The zero-order chi connectivity index (χ0) is 19.3. The van der Waals surface area contributed by atoms with Gasteiger partial charge in [0.1, 0.15) is 22.3 Å². The van der Waals surface area contributed by atoms with Crippen molar-refractivity contribution in [3.05, 3.63) is 38.8 Å². The van der Waals surface area contributed by atoms with E-state index in [1.54, 1.807) is 0 Å². The number of aromatic amines is 1. The fourth-order valence-corrected chi connectivity index (χ4v) is 4.37. The molecule has 0 saturated carbocycles. The van der Waals surface area contributed by atoms with Gasteiger partial charge in [-0.3, -0.25) is 4.79 Å². The smallest absolute Gasteiger partial charge is 0.290 e. The van der Waals surface area contributed by atoms with E-state index >= 15 is 0 Å². The molecule has 1 N–H and O–H groups in total. The lowest BCUT2D eigenvalue weighted by molar-refractivity contribution is 0.0170. The average molecular weight is 417 g/mol. The van der Waals surface area contributed by atoms with Crippen molar-refractivity contribution in [3.63, 3.8) is 0 Å². The number of alkyl halides is 2. The number of nitrogens with zero attached hydrogens (tertiary/aromatic N) is 3. The first-order valence-electron chi connectivity index (χ1n) is 7.85. The van der Waals surface area contributed by atoms with Crippen LogP contribution in [-0.2, 0) is 6.42 Å². The molecule has 4 rings (SSSR count). The summed E-state index contributed by atoms with van der Waals surface area (Å²) in [5.41, 5.74) is 1.96. The first kappa shape index (κ1) is 18.1. The molecule has 1 atom stereocenters. The van der Waals surface area contributed by atoms with Crippen LogP contribution in [0, 0.1) is 5.82 Å². The Hall–Kier alpha value is -2.33. The number of thiazole rings is 1. The lowest BCUT2D eigenvalue weighted by Crippen LogP contribution is -2.43. The molecule has 1 amide bonds. The molecule has 3 aromatic rings. The van der Waals surface area contributed by atoms with Crippen molar-refractivity contribution >= 4 is 39.9 Å². The van der Waals surface area contributed by atoms with Crippen molar-refractivity contribution in [1.82, 2.24) is 19.9 Å². The van der Waals surface area contributed by atoms with Crippen molar-refractivity contribution in [2.45, 2.75) is 18.9 Å². The van der Waals surface area contributed by atoms with Gasteiger partial charge in [-0.25, -0.2) is 23.1 Å². The number of halogens is 4. The van der Waals surface area contributed by atoms with Gasteiger partial charge in [0, 0.05) is 19.0 Å². The van der Waals surface area contributed by atoms with Crippen LogP contribution in [0.5, 0.6) is 5.75 Å². The van der Waals surface area contributed by atoms with Gasteiger partial charge in [-0.1, -0.05) is 11.6 Å². The molecule has 6 nitrogen and oxygen atoms in total. The summed E-state index contributed by atoms with van der Waals surface area (Å²) in [6.45, 7) is 0.0567. The fourth-order valence-electron chi connectivity index (χ4n) is 3.15. The van der Waals surface area contributed by atoms with Gasteiger partial charge in [0.25, 0.3) is 12.3 Å². The number of benzene rings is 1. The summed E-state index contributed by atoms with van der Waals surface area (Å²) in [5.74, 6) is -1.69. The first-order chi connectivity index (χ1) is 12.9. The van der Waals surface area contributed by atoms with E-state index in [-0.39, 0.29) is 34.2 Å². The summed E-state index contributed by atoms with van der Waals surface area (Å²) in [6.07, 6.45) is -2.44. The van der Waals surface area contributed by atoms with Gasteiger partial charge < -0.3 is 14.6 Å². The highest BCUT2D eigenvalue weighted by atomic mass is 35.5. The Morgan fingerprint density at radius 1 is 1.52 bits per heavy atom. The van der Waals surface area contributed by atoms with Gasteiger partial charge in [0.05, 0.1) is 28.7 Å². The summed E-state index contributed by atoms with van der Waals surface area (Å²) in [6, 6.07) is -0.372. The molecule has 0 unspecified atom stereocenters. The number of carbonyl (C=O) groups excluding carboxylic acids is 1. The number of hydrogen-bond donors (Lipinski definition) is 1. The summed E-state index contributed by atoms with van der Waals surface area (Å²) in [7, 11) is 1.32. The molecule has 0 aliphatic carbocycles. The van der Waals surface area contributed by atoms with E-state index in [1.807, 2.05) is 0 Å². The number of ether oxygens (including phenoxy) is 1. The van der Waals surface area contributed by atoms with Crippen LogP contribution in [0.15, 0.2) is 11.6 Å². The number of aromatic nitrogens is 3. The van der Waals surface area contributed by atoms with E-state index in [0.29, 0.717) is 17.0 Å². The molecule has 3 heterocycles. The third-order valence-electron chi connectivity index (χ3n) is 4.41. The standard InChI is InChI=1S/C16H12ClF3N4O2S/c1-26-8-4-6(18)10-11(9(8)17)23-15(22-10)16(25)24-3-2-7-13(27-5-21-7)12(24)14(19)20/h4-5,12,14H,2-3H2,1H3,(H,22,23)/t12-/m1/s1. The average Bonchev–Trinajstić information content (AvgIpc) is 3.30. The monoisotopic (exact) mass is 416 g/mol. The highest BCUT2D eigenvalue weighted by Crippen LogP contribution is 2.38. The molecule has 1 aliphatic heterocycles. The Kier molecular flexibility index (Phi) is 4.47. The van der Waals surface area contributed by atoms with Crippen LogP contribution in [-0.4, -0.2) is 45.8 Å². The Morgan fingerprint density at radius 2 is 2.30 bits per heavy atom. The van der Waals surface area contributed by atoms with Crippen molar-refractivity contribution in [2.24, 2.45) is 0 Å². The second-order valence-electron chi connectivity index (χ2n) is 5.87.